The maximum Gasteiger partial charge on any atom is 0.231 e. The summed E-state index contributed by atoms with van der Waals surface area (Å²) in [7, 11) is 0. The second-order valence-electron chi connectivity index (χ2n) is 8.84. The fourth-order valence-corrected chi connectivity index (χ4v) is 6.06. The summed E-state index contributed by atoms with van der Waals surface area (Å²) in [5.41, 5.74) is 2.50. The summed E-state index contributed by atoms with van der Waals surface area (Å²) in [6, 6.07) is 9.82. The molecule has 29 heavy (non-hydrogen) atoms. The summed E-state index contributed by atoms with van der Waals surface area (Å²) < 4.78 is 11.2. The van der Waals surface area contributed by atoms with Crippen molar-refractivity contribution in [2.45, 2.75) is 51.1 Å². The first-order chi connectivity index (χ1) is 14.2. The Bertz CT molecular complexity index is 940. The van der Waals surface area contributed by atoms with Crippen molar-refractivity contribution in [3.8, 4) is 11.5 Å². The number of hydrogen-bond acceptors (Lipinski definition) is 6. The second-order valence-corrected chi connectivity index (χ2v) is 8.84. The molecule has 6 nitrogen and oxygen atoms in total. The normalized spacial score (nSPS) is 31.9. The van der Waals surface area contributed by atoms with E-state index in [-0.39, 0.29) is 0 Å². The number of piperidine rings is 3. The lowest BCUT2D eigenvalue weighted by molar-refractivity contribution is 0.0354. The molecule has 5 aliphatic rings. The van der Waals surface area contributed by atoms with Crippen molar-refractivity contribution in [2.24, 2.45) is 5.92 Å². The molecule has 0 radical (unpaired) electrons. The van der Waals surface area contributed by atoms with Gasteiger partial charge < -0.3 is 14.4 Å². The van der Waals surface area contributed by atoms with Crippen LogP contribution in [0.5, 0.6) is 11.5 Å². The van der Waals surface area contributed by atoms with Gasteiger partial charge in [-0.1, -0.05) is 13.0 Å². The van der Waals surface area contributed by atoms with Crippen LogP contribution in [0, 0.1) is 12.8 Å². The highest BCUT2D eigenvalue weighted by Gasteiger charge is 2.53. The van der Waals surface area contributed by atoms with Gasteiger partial charge in [-0.3, -0.25) is 4.90 Å². The van der Waals surface area contributed by atoms with E-state index in [4.69, 9.17) is 14.5 Å². The Morgan fingerprint density at radius 1 is 1.03 bits per heavy atom. The van der Waals surface area contributed by atoms with Crippen molar-refractivity contribution in [1.82, 2.24) is 14.9 Å². The van der Waals surface area contributed by atoms with Crippen LogP contribution in [0.2, 0.25) is 0 Å². The molecule has 5 aliphatic heterocycles. The van der Waals surface area contributed by atoms with Crippen molar-refractivity contribution in [3.63, 3.8) is 0 Å². The molecule has 4 fully saturated rings. The molecule has 7 rings (SSSR count). The Hall–Kier alpha value is -2.34. The smallest absolute Gasteiger partial charge is 0.231 e. The third-order valence-electron chi connectivity index (χ3n) is 7.35. The maximum atomic E-state index is 5.68. The molecule has 0 aliphatic carbocycles. The van der Waals surface area contributed by atoms with Crippen LogP contribution in [0.3, 0.4) is 0 Å². The highest BCUT2D eigenvalue weighted by atomic mass is 16.7. The van der Waals surface area contributed by atoms with E-state index >= 15 is 0 Å². The third-order valence-corrected chi connectivity index (χ3v) is 7.35. The van der Waals surface area contributed by atoms with E-state index in [0.29, 0.717) is 24.8 Å². The van der Waals surface area contributed by atoms with Gasteiger partial charge in [0, 0.05) is 36.3 Å². The van der Waals surface area contributed by atoms with Crippen LogP contribution in [0.15, 0.2) is 24.3 Å². The Kier molecular flexibility index (Phi) is 3.98. The summed E-state index contributed by atoms with van der Waals surface area (Å²) in [4.78, 5) is 14.8. The average Bonchev–Trinajstić information content (AvgIpc) is 3.39. The van der Waals surface area contributed by atoms with E-state index in [1.54, 1.807) is 0 Å². The number of ether oxygens (including phenoxy) is 2. The lowest BCUT2D eigenvalue weighted by Crippen LogP contribution is -2.60. The van der Waals surface area contributed by atoms with Crippen LogP contribution in [-0.4, -0.2) is 53.4 Å². The molecular weight excluding hydrogens is 364 g/mol. The number of aryl methyl sites for hydroxylation is 2. The van der Waals surface area contributed by atoms with E-state index in [9.17, 15) is 0 Å². The molecule has 0 N–H and O–H groups in total. The zero-order valence-electron chi connectivity index (χ0n) is 17.2. The molecule has 4 saturated heterocycles. The van der Waals surface area contributed by atoms with Gasteiger partial charge in [-0.15, -0.1) is 0 Å². The number of fused-ring (bicyclic) bond motifs is 3. The number of benzene rings is 1. The van der Waals surface area contributed by atoms with Crippen molar-refractivity contribution in [2.75, 3.05) is 31.3 Å². The highest BCUT2D eigenvalue weighted by Crippen LogP contribution is 2.48. The van der Waals surface area contributed by atoms with Crippen LogP contribution < -0.4 is 14.4 Å². The second kappa shape index (κ2) is 6.59. The maximum absolute atomic E-state index is 5.68. The van der Waals surface area contributed by atoms with Gasteiger partial charge in [0.2, 0.25) is 6.79 Å². The van der Waals surface area contributed by atoms with Gasteiger partial charge in [0.15, 0.2) is 11.5 Å². The Morgan fingerprint density at radius 3 is 2.69 bits per heavy atom. The highest BCUT2D eigenvalue weighted by molar-refractivity contribution is 5.51. The molecule has 152 valence electrons. The summed E-state index contributed by atoms with van der Waals surface area (Å²) in [5, 5.41) is 0. The Labute approximate surface area is 171 Å². The van der Waals surface area contributed by atoms with E-state index in [2.05, 4.69) is 46.0 Å². The quantitative estimate of drug-likeness (QED) is 0.800. The predicted molar refractivity (Wildman–Crippen MR) is 111 cm³/mol. The number of anilines is 1. The summed E-state index contributed by atoms with van der Waals surface area (Å²) in [6.45, 7) is 7.97. The molecule has 0 saturated carbocycles. The minimum absolute atomic E-state index is 0.329. The van der Waals surface area contributed by atoms with Gasteiger partial charge >= 0.3 is 0 Å². The van der Waals surface area contributed by atoms with E-state index in [0.717, 1.165) is 47.7 Å². The average molecular weight is 393 g/mol. The molecule has 6 heteroatoms. The van der Waals surface area contributed by atoms with Crippen molar-refractivity contribution in [1.29, 1.82) is 0 Å². The first-order valence-corrected chi connectivity index (χ1v) is 11.0. The molecule has 2 bridgehead atoms. The van der Waals surface area contributed by atoms with Gasteiger partial charge in [0.05, 0.1) is 0 Å². The van der Waals surface area contributed by atoms with Crippen LogP contribution in [0.1, 0.15) is 42.8 Å². The zero-order valence-corrected chi connectivity index (χ0v) is 17.2. The number of nitrogens with zero attached hydrogens (tertiary/aromatic N) is 4. The predicted octanol–water partition coefficient (Wildman–Crippen LogP) is 3.14. The molecule has 1 aromatic heterocycles. The first kappa shape index (κ1) is 17.5. The Morgan fingerprint density at radius 2 is 1.86 bits per heavy atom. The van der Waals surface area contributed by atoms with Gasteiger partial charge in [0.25, 0.3) is 0 Å². The third kappa shape index (κ3) is 2.72. The lowest BCUT2D eigenvalue weighted by atomic mass is 9.75. The Balaban J connectivity index is 1.42. The van der Waals surface area contributed by atoms with Crippen molar-refractivity contribution >= 4 is 5.82 Å². The monoisotopic (exact) mass is 392 g/mol. The molecule has 0 spiro atoms. The largest absolute Gasteiger partial charge is 0.454 e. The molecule has 2 aromatic rings. The molecular formula is C23H28N4O2. The van der Waals surface area contributed by atoms with Gasteiger partial charge in [0.1, 0.15) is 11.6 Å². The van der Waals surface area contributed by atoms with Gasteiger partial charge in [-0.2, -0.15) is 0 Å². The SMILES string of the molecule is CCc1cc(N2C[C@H](c3ccc4c(c3)OCO4)[C@H]3[C@@H]2C2CCN3CC2)nc(C)n1. The summed E-state index contributed by atoms with van der Waals surface area (Å²) >= 11 is 0. The number of hydrogen-bond donors (Lipinski definition) is 0. The van der Waals surface area contributed by atoms with Crippen LogP contribution in [-0.2, 0) is 6.42 Å². The fourth-order valence-electron chi connectivity index (χ4n) is 6.06. The summed E-state index contributed by atoms with van der Waals surface area (Å²) in [6.07, 6.45) is 3.55. The lowest BCUT2D eigenvalue weighted by Gasteiger charge is -2.51. The number of aromatic nitrogens is 2. The van der Waals surface area contributed by atoms with Gasteiger partial charge in [-0.05, 0) is 62.9 Å². The van der Waals surface area contributed by atoms with E-state index in [1.165, 1.54) is 31.5 Å². The topological polar surface area (TPSA) is 50.7 Å². The molecule has 3 atom stereocenters. The molecule has 1 aromatic carbocycles. The fraction of sp³-hybridized carbons (Fsp3) is 0.565. The number of rotatable bonds is 3. The van der Waals surface area contributed by atoms with E-state index < -0.39 is 0 Å². The van der Waals surface area contributed by atoms with Gasteiger partial charge in [-0.25, -0.2) is 9.97 Å². The minimum Gasteiger partial charge on any atom is -0.454 e. The zero-order chi connectivity index (χ0) is 19.5. The first-order valence-electron chi connectivity index (χ1n) is 11.0. The van der Waals surface area contributed by atoms with E-state index in [1.807, 2.05) is 6.92 Å². The molecule has 6 heterocycles. The molecule has 0 unspecified atom stereocenters. The summed E-state index contributed by atoms with van der Waals surface area (Å²) in [5.74, 6) is 4.96. The van der Waals surface area contributed by atoms with Crippen LogP contribution >= 0.6 is 0 Å². The van der Waals surface area contributed by atoms with Crippen molar-refractivity contribution in [3.05, 3.63) is 41.3 Å². The van der Waals surface area contributed by atoms with Crippen LogP contribution in [0.4, 0.5) is 5.82 Å². The standard InChI is InChI=1S/C23H28N4O2/c1-3-17-11-21(25-14(2)24-17)27-12-18(16-4-5-19-20(10-16)29-13-28-19)23-22(27)15-6-8-26(23)9-7-15/h4-5,10-11,15,18,22-23H,3,6-9,12-13H2,1-2H3/t18-,22+,23+/m1/s1. The van der Waals surface area contributed by atoms with Crippen LogP contribution in [0.25, 0.3) is 0 Å². The minimum atomic E-state index is 0.329. The van der Waals surface area contributed by atoms with Crippen molar-refractivity contribution < 1.29 is 9.47 Å². The molecule has 0 amide bonds.